The van der Waals surface area contributed by atoms with E-state index in [4.69, 9.17) is 0 Å². The summed E-state index contributed by atoms with van der Waals surface area (Å²) in [5, 5.41) is 3.98. The number of hydrogen-bond acceptors (Lipinski definition) is 5. The molecule has 0 aliphatic carbocycles. The number of alkyl halides is 2. The van der Waals surface area contributed by atoms with Crippen LogP contribution in [0.1, 0.15) is 31.7 Å². The van der Waals surface area contributed by atoms with E-state index in [1.54, 1.807) is 27.6 Å². The average Bonchev–Trinajstić information content (AvgIpc) is 3.38. The number of halogens is 2. The van der Waals surface area contributed by atoms with Crippen LogP contribution in [0.25, 0.3) is 0 Å². The van der Waals surface area contributed by atoms with Crippen molar-refractivity contribution in [2.75, 3.05) is 6.54 Å². The maximum absolute atomic E-state index is 13.2. The third kappa shape index (κ3) is 3.27. The summed E-state index contributed by atoms with van der Waals surface area (Å²) in [7, 11) is -4.68. The van der Waals surface area contributed by atoms with Crippen molar-refractivity contribution >= 4 is 38.4 Å². The van der Waals surface area contributed by atoms with Gasteiger partial charge in [0, 0.05) is 21.9 Å². The second kappa shape index (κ2) is 7.38. The lowest BCUT2D eigenvalue weighted by Gasteiger charge is -2.35. The standard InChI is InChI=1S/C19H15F2NO3S3/c20-19(21)28(24,25)13-5-3-12(4-6-13)18(23)22-9-7-15-14(8-11-27-15)17(22)16-2-1-10-26-16/h1-6,8,10-11,17,19H,7,9H2. The van der Waals surface area contributed by atoms with E-state index in [0.717, 1.165) is 29.0 Å². The SMILES string of the molecule is O=C(c1ccc(S(=O)(=O)C(F)F)cc1)N1CCc2sccc2C1c1cccs1. The van der Waals surface area contributed by atoms with Crippen LogP contribution >= 0.6 is 22.7 Å². The maximum Gasteiger partial charge on any atom is 0.341 e. The lowest BCUT2D eigenvalue weighted by atomic mass is 9.97. The summed E-state index contributed by atoms with van der Waals surface area (Å²) in [5.74, 6) is -3.74. The van der Waals surface area contributed by atoms with Gasteiger partial charge in [0.1, 0.15) is 0 Å². The molecule has 0 saturated carbocycles. The molecule has 3 aromatic rings. The summed E-state index contributed by atoms with van der Waals surface area (Å²) in [5.41, 5.74) is 1.37. The Hall–Kier alpha value is -2.10. The lowest BCUT2D eigenvalue weighted by molar-refractivity contribution is 0.0698. The highest BCUT2D eigenvalue weighted by Gasteiger charge is 2.34. The molecule has 1 aliphatic rings. The zero-order valence-electron chi connectivity index (χ0n) is 14.4. The minimum Gasteiger partial charge on any atom is -0.326 e. The molecule has 1 unspecified atom stereocenters. The Bertz CT molecular complexity index is 1090. The summed E-state index contributed by atoms with van der Waals surface area (Å²) in [6, 6.07) is 10.5. The molecule has 3 heterocycles. The van der Waals surface area contributed by atoms with Gasteiger partial charge in [-0.05, 0) is 59.1 Å². The molecule has 146 valence electrons. The van der Waals surface area contributed by atoms with Crippen LogP contribution in [0.2, 0.25) is 0 Å². The average molecular weight is 440 g/mol. The van der Waals surface area contributed by atoms with Crippen LogP contribution in [0.5, 0.6) is 0 Å². The van der Waals surface area contributed by atoms with E-state index in [1.807, 2.05) is 29.0 Å². The van der Waals surface area contributed by atoms with Gasteiger partial charge in [-0.15, -0.1) is 22.7 Å². The first kappa shape index (κ1) is 19.2. The Morgan fingerprint density at radius 1 is 1.07 bits per heavy atom. The highest BCUT2D eigenvalue weighted by atomic mass is 32.2. The van der Waals surface area contributed by atoms with E-state index in [0.29, 0.717) is 6.54 Å². The number of thiophene rings is 2. The van der Waals surface area contributed by atoms with E-state index < -0.39 is 20.5 Å². The first-order chi connectivity index (χ1) is 13.4. The van der Waals surface area contributed by atoms with Crippen molar-refractivity contribution in [3.05, 3.63) is 74.1 Å². The normalized spacial score (nSPS) is 17.0. The molecular formula is C19H15F2NO3S3. The van der Waals surface area contributed by atoms with Gasteiger partial charge in [-0.25, -0.2) is 8.42 Å². The largest absolute Gasteiger partial charge is 0.341 e. The van der Waals surface area contributed by atoms with Gasteiger partial charge < -0.3 is 4.90 Å². The quantitative estimate of drug-likeness (QED) is 0.597. The number of sulfone groups is 1. The van der Waals surface area contributed by atoms with Crippen molar-refractivity contribution in [2.24, 2.45) is 0 Å². The van der Waals surface area contributed by atoms with E-state index in [-0.39, 0.29) is 17.5 Å². The lowest BCUT2D eigenvalue weighted by Crippen LogP contribution is -2.39. The predicted molar refractivity (Wildman–Crippen MR) is 105 cm³/mol. The number of benzene rings is 1. The maximum atomic E-state index is 13.2. The minimum absolute atomic E-state index is 0.202. The molecule has 4 nitrogen and oxygen atoms in total. The number of fused-ring (bicyclic) bond motifs is 1. The van der Waals surface area contributed by atoms with Crippen LogP contribution in [-0.2, 0) is 16.3 Å². The third-order valence-electron chi connectivity index (χ3n) is 4.70. The fraction of sp³-hybridized carbons (Fsp3) is 0.211. The van der Waals surface area contributed by atoms with E-state index >= 15 is 0 Å². The molecule has 1 atom stereocenters. The molecule has 1 aliphatic heterocycles. The third-order valence-corrected chi connectivity index (χ3v) is 8.02. The Kier molecular flexibility index (Phi) is 5.07. The summed E-state index contributed by atoms with van der Waals surface area (Å²) in [6.45, 7) is 0.534. The van der Waals surface area contributed by atoms with Crippen molar-refractivity contribution in [1.29, 1.82) is 0 Å². The van der Waals surface area contributed by atoms with Crippen molar-refractivity contribution < 1.29 is 22.0 Å². The van der Waals surface area contributed by atoms with Crippen LogP contribution in [-0.4, -0.2) is 31.5 Å². The number of carbonyl (C=O) groups is 1. The summed E-state index contributed by atoms with van der Waals surface area (Å²) in [4.78, 5) is 16.7. The monoisotopic (exact) mass is 439 g/mol. The summed E-state index contributed by atoms with van der Waals surface area (Å²) < 4.78 is 48.6. The molecule has 4 rings (SSSR count). The van der Waals surface area contributed by atoms with Crippen molar-refractivity contribution in [3.63, 3.8) is 0 Å². The van der Waals surface area contributed by atoms with Gasteiger partial charge in [-0.1, -0.05) is 6.07 Å². The zero-order chi connectivity index (χ0) is 19.9. The molecule has 0 spiro atoms. The number of carbonyl (C=O) groups excluding carboxylic acids is 1. The Morgan fingerprint density at radius 3 is 2.46 bits per heavy atom. The molecular weight excluding hydrogens is 424 g/mol. The molecule has 1 aromatic carbocycles. The fourth-order valence-corrected chi connectivity index (χ4v) is 5.82. The van der Waals surface area contributed by atoms with Crippen LogP contribution in [0.3, 0.4) is 0 Å². The zero-order valence-corrected chi connectivity index (χ0v) is 16.9. The smallest absolute Gasteiger partial charge is 0.326 e. The molecule has 0 bridgehead atoms. The van der Waals surface area contributed by atoms with Crippen LogP contribution in [0, 0.1) is 0 Å². The molecule has 9 heteroatoms. The van der Waals surface area contributed by atoms with Gasteiger partial charge in [0.2, 0.25) is 9.84 Å². The Balaban J connectivity index is 1.67. The van der Waals surface area contributed by atoms with Crippen molar-refractivity contribution in [2.45, 2.75) is 23.1 Å². The topological polar surface area (TPSA) is 54.5 Å². The van der Waals surface area contributed by atoms with E-state index in [1.165, 1.54) is 17.0 Å². The highest BCUT2D eigenvalue weighted by molar-refractivity contribution is 7.91. The summed E-state index contributed by atoms with van der Waals surface area (Å²) in [6.07, 6.45) is 0.748. The van der Waals surface area contributed by atoms with Gasteiger partial charge in [-0.2, -0.15) is 8.78 Å². The van der Waals surface area contributed by atoms with Gasteiger partial charge in [0.05, 0.1) is 10.9 Å². The summed E-state index contributed by atoms with van der Waals surface area (Å²) >= 11 is 3.24. The first-order valence-corrected chi connectivity index (χ1v) is 11.7. The molecule has 0 saturated heterocycles. The van der Waals surface area contributed by atoms with E-state index in [2.05, 4.69) is 0 Å². The first-order valence-electron chi connectivity index (χ1n) is 8.42. The fourth-order valence-electron chi connectivity index (χ4n) is 3.34. The molecule has 0 N–H and O–H groups in total. The Labute approximate surface area is 169 Å². The molecule has 2 aromatic heterocycles. The second-order valence-corrected chi connectivity index (χ2v) is 10.2. The van der Waals surface area contributed by atoms with Crippen LogP contribution in [0.4, 0.5) is 8.78 Å². The van der Waals surface area contributed by atoms with Crippen molar-refractivity contribution in [1.82, 2.24) is 4.90 Å². The van der Waals surface area contributed by atoms with Crippen LogP contribution in [0.15, 0.2) is 58.1 Å². The number of hydrogen-bond donors (Lipinski definition) is 0. The van der Waals surface area contributed by atoms with Gasteiger partial charge >= 0.3 is 5.76 Å². The number of amides is 1. The van der Waals surface area contributed by atoms with E-state index in [9.17, 15) is 22.0 Å². The molecule has 1 amide bonds. The van der Waals surface area contributed by atoms with Crippen molar-refractivity contribution in [3.8, 4) is 0 Å². The van der Waals surface area contributed by atoms with Gasteiger partial charge in [0.25, 0.3) is 5.91 Å². The van der Waals surface area contributed by atoms with Gasteiger partial charge in [-0.3, -0.25) is 4.79 Å². The minimum atomic E-state index is -4.68. The molecule has 28 heavy (non-hydrogen) atoms. The Morgan fingerprint density at radius 2 is 1.82 bits per heavy atom. The highest BCUT2D eigenvalue weighted by Crippen LogP contribution is 2.40. The predicted octanol–water partition coefficient (Wildman–Crippen LogP) is 4.59. The second-order valence-electron chi connectivity index (χ2n) is 6.30. The van der Waals surface area contributed by atoms with Gasteiger partial charge in [0.15, 0.2) is 0 Å². The number of rotatable bonds is 4. The molecule has 0 fully saturated rings. The molecule has 0 radical (unpaired) electrons. The van der Waals surface area contributed by atoms with Crippen LogP contribution < -0.4 is 0 Å². The number of nitrogens with zero attached hydrogens (tertiary/aromatic N) is 1.